The highest BCUT2D eigenvalue weighted by Crippen LogP contribution is 1.90. The van der Waals surface area contributed by atoms with Crippen LogP contribution in [0.3, 0.4) is 0 Å². The predicted octanol–water partition coefficient (Wildman–Crippen LogP) is 0.427. The van der Waals surface area contributed by atoms with Crippen LogP contribution >= 0.6 is 0 Å². The molecule has 13 heavy (non-hydrogen) atoms. The fraction of sp³-hybridized carbons (Fsp3) is 0.778. The smallest absolute Gasteiger partial charge is 0.242 e. The van der Waals surface area contributed by atoms with E-state index in [0.717, 1.165) is 12.8 Å². The maximum atomic E-state index is 11.3. The normalized spacial score (nSPS) is 11.8. The van der Waals surface area contributed by atoms with E-state index in [1.54, 1.807) is 0 Å². The number of amides is 2. The first-order chi connectivity index (χ1) is 6.26. The van der Waals surface area contributed by atoms with Crippen molar-refractivity contribution in [3.63, 3.8) is 0 Å². The van der Waals surface area contributed by atoms with Crippen molar-refractivity contribution in [2.24, 2.45) is 0 Å². The summed E-state index contributed by atoms with van der Waals surface area (Å²) in [5, 5.41) is 5.23. The molecule has 0 rings (SSSR count). The maximum absolute atomic E-state index is 11.3. The van der Waals surface area contributed by atoms with Gasteiger partial charge in [0, 0.05) is 6.54 Å². The van der Waals surface area contributed by atoms with Crippen molar-refractivity contribution in [3.8, 4) is 0 Å². The second-order valence-electron chi connectivity index (χ2n) is 2.89. The van der Waals surface area contributed by atoms with Crippen molar-refractivity contribution >= 4 is 12.3 Å². The van der Waals surface area contributed by atoms with Gasteiger partial charge in [0.05, 0.1) is 0 Å². The van der Waals surface area contributed by atoms with Gasteiger partial charge in [-0.2, -0.15) is 0 Å². The molecule has 0 aromatic heterocycles. The molecule has 2 N–H and O–H groups in total. The standard InChI is InChI=1S/C9H18N2O2/c1-3-5-6-10-9(13)8(4-2)11-7-12/h7-8H,3-6H2,1-2H3,(H,10,13)(H,11,12). The topological polar surface area (TPSA) is 58.2 Å². The minimum atomic E-state index is -0.380. The van der Waals surface area contributed by atoms with Crippen LogP contribution in [-0.2, 0) is 9.59 Å². The quantitative estimate of drug-likeness (QED) is 0.447. The molecule has 0 aromatic rings. The fourth-order valence-corrected chi connectivity index (χ4v) is 0.973. The lowest BCUT2D eigenvalue weighted by Gasteiger charge is -2.13. The van der Waals surface area contributed by atoms with Crippen LogP contribution in [0.5, 0.6) is 0 Å². The molecule has 0 radical (unpaired) electrons. The van der Waals surface area contributed by atoms with E-state index < -0.39 is 0 Å². The number of rotatable bonds is 7. The summed E-state index contributed by atoms with van der Waals surface area (Å²) >= 11 is 0. The third-order valence-electron chi connectivity index (χ3n) is 1.82. The van der Waals surface area contributed by atoms with Crippen LogP contribution in [0, 0.1) is 0 Å². The van der Waals surface area contributed by atoms with E-state index in [4.69, 9.17) is 0 Å². The van der Waals surface area contributed by atoms with E-state index in [2.05, 4.69) is 17.6 Å². The summed E-state index contributed by atoms with van der Waals surface area (Å²) in [6.07, 6.45) is 3.21. The molecule has 0 aliphatic heterocycles. The van der Waals surface area contributed by atoms with Gasteiger partial charge in [0.25, 0.3) is 0 Å². The second-order valence-corrected chi connectivity index (χ2v) is 2.89. The Hall–Kier alpha value is -1.06. The first kappa shape index (κ1) is 11.9. The molecule has 0 saturated carbocycles. The Bertz CT molecular complexity index is 160. The van der Waals surface area contributed by atoms with Crippen molar-refractivity contribution in [1.82, 2.24) is 10.6 Å². The molecule has 0 aliphatic rings. The van der Waals surface area contributed by atoms with Crippen molar-refractivity contribution in [2.75, 3.05) is 6.54 Å². The molecule has 0 fully saturated rings. The summed E-state index contributed by atoms with van der Waals surface area (Å²) in [6.45, 7) is 4.61. The number of carbonyl (C=O) groups is 2. The third kappa shape index (κ3) is 5.22. The highest BCUT2D eigenvalue weighted by Gasteiger charge is 2.13. The minimum Gasteiger partial charge on any atom is -0.354 e. The van der Waals surface area contributed by atoms with E-state index >= 15 is 0 Å². The average molecular weight is 186 g/mol. The summed E-state index contributed by atoms with van der Waals surface area (Å²) in [7, 11) is 0. The monoisotopic (exact) mass is 186 g/mol. The second kappa shape index (κ2) is 7.58. The highest BCUT2D eigenvalue weighted by atomic mass is 16.2. The zero-order valence-corrected chi connectivity index (χ0v) is 8.30. The molecule has 0 aliphatic carbocycles. The first-order valence-corrected chi connectivity index (χ1v) is 4.73. The summed E-state index contributed by atoms with van der Waals surface area (Å²) in [5.41, 5.74) is 0. The van der Waals surface area contributed by atoms with Crippen LogP contribution in [0.15, 0.2) is 0 Å². The van der Waals surface area contributed by atoms with E-state index in [0.29, 0.717) is 19.4 Å². The van der Waals surface area contributed by atoms with E-state index in [9.17, 15) is 9.59 Å². The molecule has 2 amide bonds. The lowest BCUT2D eigenvalue weighted by atomic mass is 10.2. The number of unbranched alkanes of at least 4 members (excludes halogenated alkanes) is 1. The molecule has 76 valence electrons. The first-order valence-electron chi connectivity index (χ1n) is 4.73. The van der Waals surface area contributed by atoms with Crippen LogP contribution in [0.4, 0.5) is 0 Å². The molecular formula is C9H18N2O2. The van der Waals surface area contributed by atoms with Crippen molar-refractivity contribution < 1.29 is 9.59 Å². The van der Waals surface area contributed by atoms with Gasteiger partial charge >= 0.3 is 0 Å². The SMILES string of the molecule is CCCCNC(=O)C(CC)NC=O. The molecule has 0 bridgehead atoms. The molecule has 0 aromatic carbocycles. The molecule has 0 spiro atoms. The highest BCUT2D eigenvalue weighted by molar-refractivity contribution is 5.83. The van der Waals surface area contributed by atoms with Gasteiger partial charge in [-0.05, 0) is 12.8 Å². The number of nitrogens with one attached hydrogen (secondary N) is 2. The molecule has 0 saturated heterocycles. The number of carbonyl (C=O) groups excluding carboxylic acids is 2. The zero-order valence-electron chi connectivity index (χ0n) is 8.30. The van der Waals surface area contributed by atoms with Crippen LogP contribution in [0.25, 0.3) is 0 Å². The van der Waals surface area contributed by atoms with Gasteiger partial charge in [-0.25, -0.2) is 0 Å². The van der Waals surface area contributed by atoms with Crippen LogP contribution in [0.2, 0.25) is 0 Å². The van der Waals surface area contributed by atoms with E-state index in [1.807, 2.05) is 6.92 Å². The van der Waals surface area contributed by atoms with Crippen molar-refractivity contribution in [2.45, 2.75) is 39.2 Å². The zero-order chi connectivity index (χ0) is 10.1. The largest absolute Gasteiger partial charge is 0.354 e. The Balaban J connectivity index is 3.70. The van der Waals surface area contributed by atoms with Gasteiger partial charge in [-0.1, -0.05) is 20.3 Å². The van der Waals surface area contributed by atoms with Gasteiger partial charge in [0.15, 0.2) is 0 Å². The summed E-state index contributed by atoms with van der Waals surface area (Å²) in [4.78, 5) is 21.4. The van der Waals surface area contributed by atoms with Gasteiger partial charge in [-0.3, -0.25) is 9.59 Å². The molecular weight excluding hydrogens is 168 g/mol. The van der Waals surface area contributed by atoms with Gasteiger partial charge in [-0.15, -0.1) is 0 Å². The summed E-state index contributed by atoms with van der Waals surface area (Å²) in [6, 6.07) is -0.380. The maximum Gasteiger partial charge on any atom is 0.242 e. The Kier molecular flexibility index (Phi) is 6.96. The average Bonchev–Trinajstić information content (AvgIpc) is 2.14. The Morgan fingerprint density at radius 1 is 1.46 bits per heavy atom. The van der Waals surface area contributed by atoms with Crippen molar-refractivity contribution in [3.05, 3.63) is 0 Å². The van der Waals surface area contributed by atoms with E-state index in [-0.39, 0.29) is 11.9 Å². The van der Waals surface area contributed by atoms with Gasteiger partial charge < -0.3 is 10.6 Å². The summed E-state index contributed by atoms with van der Waals surface area (Å²) in [5.74, 6) is -0.0944. The molecule has 1 atom stereocenters. The Morgan fingerprint density at radius 2 is 2.15 bits per heavy atom. The number of hydrogen-bond donors (Lipinski definition) is 2. The minimum absolute atomic E-state index is 0.0944. The van der Waals surface area contributed by atoms with Crippen molar-refractivity contribution in [1.29, 1.82) is 0 Å². The van der Waals surface area contributed by atoms with Crippen LogP contribution < -0.4 is 10.6 Å². The van der Waals surface area contributed by atoms with Gasteiger partial charge in [0.1, 0.15) is 6.04 Å². The predicted molar refractivity (Wildman–Crippen MR) is 51.2 cm³/mol. The van der Waals surface area contributed by atoms with Crippen LogP contribution in [-0.4, -0.2) is 24.9 Å². The number of hydrogen-bond acceptors (Lipinski definition) is 2. The molecule has 4 heteroatoms. The lowest BCUT2D eigenvalue weighted by Crippen LogP contribution is -2.43. The van der Waals surface area contributed by atoms with Crippen LogP contribution in [0.1, 0.15) is 33.1 Å². The van der Waals surface area contributed by atoms with Gasteiger partial charge in [0.2, 0.25) is 12.3 Å². The third-order valence-corrected chi connectivity index (χ3v) is 1.82. The Labute approximate surface area is 79.1 Å². The molecule has 4 nitrogen and oxygen atoms in total. The fourth-order valence-electron chi connectivity index (χ4n) is 0.973. The summed E-state index contributed by atoms with van der Waals surface area (Å²) < 4.78 is 0. The lowest BCUT2D eigenvalue weighted by molar-refractivity contribution is -0.125. The molecule has 1 unspecified atom stereocenters. The molecule has 0 heterocycles. The Morgan fingerprint density at radius 3 is 2.62 bits per heavy atom. The van der Waals surface area contributed by atoms with E-state index in [1.165, 1.54) is 0 Å².